The second-order valence-electron chi connectivity index (χ2n) is 5.85. The van der Waals surface area contributed by atoms with Gasteiger partial charge in [-0.3, -0.25) is 9.78 Å². The molecule has 116 valence electrons. The smallest absolute Gasteiger partial charge is 0.335 e. The standard InChI is InChI=1S/C15H17N3O3S/c1-15(2,3)11-12(19)16-14(18-17-11)22-8-9-5-4-6-10(7-9)13(20)21/h4-7H,8H2,1-3H3,(H,20,21)(H,16,18,19). The Hall–Kier alpha value is -2.15. The Morgan fingerprint density at radius 3 is 2.64 bits per heavy atom. The first kappa shape index (κ1) is 16.2. The molecule has 0 bridgehead atoms. The van der Waals surface area contributed by atoms with Crippen LogP contribution in [0, 0.1) is 0 Å². The summed E-state index contributed by atoms with van der Waals surface area (Å²) in [7, 11) is 0. The van der Waals surface area contributed by atoms with E-state index in [4.69, 9.17) is 5.11 Å². The first-order chi connectivity index (χ1) is 10.3. The Kier molecular flexibility index (Phi) is 4.65. The molecule has 6 nitrogen and oxygen atoms in total. The highest BCUT2D eigenvalue weighted by Gasteiger charge is 2.20. The molecule has 1 aromatic carbocycles. The number of benzene rings is 1. The molecule has 1 aromatic heterocycles. The van der Waals surface area contributed by atoms with Crippen LogP contribution in [0.4, 0.5) is 0 Å². The van der Waals surface area contributed by atoms with Gasteiger partial charge in [-0.1, -0.05) is 44.7 Å². The van der Waals surface area contributed by atoms with Gasteiger partial charge >= 0.3 is 5.97 Å². The monoisotopic (exact) mass is 319 g/mol. The van der Waals surface area contributed by atoms with Crippen LogP contribution in [0.25, 0.3) is 0 Å². The molecule has 0 unspecified atom stereocenters. The third-order valence-electron chi connectivity index (χ3n) is 2.94. The molecule has 0 spiro atoms. The van der Waals surface area contributed by atoms with Crippen molar-refractivity contribution in [2.24, 2.45) is 0 Å². The van der Waals surface area contributed by atoms with Crippen molar-refractivity contribution in [2.75, 3.05) is 0 Å². The number of nitrogens with one attached hydrogen (secondary N) is 1. The molecule has 2 aromatic rings. The summed E-state index contributed by atoms with van der Waals surface area (Å²) >= 11 is 1.31. The third kappa shape index (κ3) is 3.94. The summed E-state index contributed by atoms with van der Waals surface area (Å²) in [6.07, 6.45) is 0. The predicted octanol–water partition coefficient (Wildman–Crippen LogP) is 2.45. The van der Waals surface area contributed by atoms with Crippen LogP contribution in [0.5, 0.6) is 0 Å². The van der Waals surface area contributed by atoms with Gasteiger partial charge in [-0.15, -0.1) is 10.2 Å². The van der Waals surface area contributed by atoms with Crippen molar-refractivity contribution in [3.63, 3.8) is 0 Å². The number of aromatic amines is 1. The van der Waals surface area contributed by atoms with E-state index in [1.165, 1.54) is 17.8 Å². The normalized spacial score (nSPS) is 11.4. The molecule has 0 atom stereocenters. The largest absolute Gasteiger partial charge is 0.478 e. The van der Waals surface area contributed by atoms with Gasteiger partial charge in [0.1, 0.15) is 5.69 Å². The molecule has 0 aliphatic rings. The number of carboxylic acid groups (broad SMARTS) is 1. The summed E-state index contributed by atoms with van der Waals surface area (Å²) in [5.74, 6) is -0.463. The maximum absolute atomic E-state index is 12.0. The number of nitrogens with zero attached hydrogens (tertiary/aromatic N) is 2. The fraction of sp³-hybridized carbons (Fsp3) is 0.333. The molecule has 2 N–H and O–H groups in total. The molecule has 22 heavy (non-hydrogen) atoms. The minimum atomic E-state index is -0.963. The van der Waals surface area contributed by atoms with Gasteiger partial charge in [-0.2, -0.15) is 0 Å². The Labute approximate surface area is 132 Å². The van der Waals surface area contributed by atoms with Gasteiger partial charge < -0.3 is 5.11 Å². The van der Waals surface area contributed by atoms with Gasteiger partial charge in [0.25, 0.3) is 5.56 Å². The second-order valence-corrected chi connectivity index (χ2v) is 6.82. The summed E-state index contributed by atoms with van der Waals surface area (Å²) in [5.41, 5.74) is 0.863. The number of H-pyrrole nitrogens is 1. The van der Waals surface area contributed by atoms with Crippen molar-refractivity contribution in [1.29, 1.82) is 0 Å². The summed E-state index contributed by atoms with van der Waals surface area (Å²) < 4.78 is 0. The molecule has 2 rings (SSSR count). The lowest BCUT2D eigenvalue weighted by Crippen LogP contribution is -2.27. The molecular formula is C15H17N3O3S. The summed E-state index contributed by atoms with van der Waals surface area (Å²) in [4.78, 5) is 25.6. The lowest BCUT2D eigenvalue weighted by atomic mass is 9.93. The van der Waals surface area contributed by atoms with E-state index in [2.05, 4.69) is 15.2 Å². The molecule has 0 amide bonds. The van der Waals surface area contributed by atoms with Crippen molar-refractivity contribution in [1.82, 2.24) is 15.2 Å². The highest BCUT2D eigenvalue weighted by Crippen LogP contribution is 2.20. The zero-order valence-corrected chi connectivity index (χ0v) is 13.4. The fourth-order valence-electron chi connectivity index (χ4n) is 1.82. The Bertz CT molecular complexity index is 750. The average molecular weight is 319 g/mol. The lowest BCUT2D eigenvalue weighted by molar-refractivity contribution is 0.0697. The van der Waals surface area contributed by atoms with Crippen LogP contribution in [0.2, 0.25) is 0 Å². The number of hydrogen-bond donors (Lipinski definition) is 2. The van der Waals surface area contributed by atoms with Gasteiger partial charge in [-0.25, -0.2) is 4.79 Å². The van der Waals surface area contributed by atoms with Crippen molar-refractivity contribution < 1.29 is 9.90 Å². The molecule has 0 radical (unpaired) electrons. The van der Waals surface area contributed by atoms with Crippen LogP contribution in [-0.2, 0) is 11.2 Å². The Balaban J connectivity index is 2.12. The summed E-state index contributed by atoms with van der Waals surface area (Å²) in [6, 6.07) is 6.66. The minimum Gasteiger partial charge on any atom is -0.478 e. The zero-order valence-electron chi connectivity index (χ0n) is 12.6. The highest BCUT2D eigenvalue weighted by atomic mass is 32.2. The number of aromatic nitrogens is 3. The zero-order chi connectivity index (χ0) is 16.3. The summed E-state index contributed by atoms with van der Waals surface area (Å²) in [6.45, 7) is 5.70. The van der Waals surface area contributed by atoms with Gasteiger partial charge in [0.2, 0.25) is 0 Å². The number of carbonyl (C=O) groups is 1. The van der Waals surface area contributed by atoms with Crippen LogP contribution in [0.3, 0.4) is 0 Å². The van der Waals surface area contributed by atoms with Crippen LogP contribution >= 0.6 is 11.8 Å². The quantitative estimate of drug-likeness (QED) is 0.840. The molecule has 0 aliphatic heterocycles. The summed E-state index contributed by atoms with van der Waals surface area (Å²) in [5, 5.41) is 17.4. The van der Waals surface area contributed by atoms with E-state index in [9.17, 15) is 9.59 Å². The molecule has 1 heterocycles. The maximum atomic E-state index is 12.0. The average Bonchev–Trinajstić information content (AvgIpc) is 2.44. The van der Waals surface area contributed by atoms with Crippen LogP contribution in [0.1, 0.15) is 42.4 Å². The van der Waals surface area contributed by atoms with Crippen molar-refractivity contribution in [3.8, 4) is 0 Å². The Morgan fingerprint density at radius 2 is 2.05 bits per heavy atom. The van der Waals surface area contributed by atoms with E-state index in [1.54, 1.807) is 12.1 Å². The fourth-order valence-corrected chi connectivity index (χ4v) is 2.57. The van der Waals surface area contributed by atoms with Gasteiger partial charge in [-0.05, 0) is 17.7 Å². The van der Waals surface area contributed by atoms with Gasteiger partial charge in [0.05, 0.1) is 5.56 Å². The minimum absolute atomic E-state index is 0.237. The van der Waals surface area contributed by atoms with Crippen molar-refractivity contribution >= 4 is 17.7 Å². The lowest BCUT2D eigenvalue weighted by Gasteiger charge is -2.15. The van der Waals surface area contributed by atoms with E-state index < -0.39 is 5.97 Å². The number of hydrogen-bond acceptors (Lipinski definition) is 5. The number of thioether (sulfide) groups is 1. The van der Waals surface area contributed by atoms with E-state index in [0.29, 0.717) is 16.6 Å². The SMILES string of the molecule is CC(C)(C)c1nnc(SCc2cccc(C(=O)O)c2)[nH]c1=O. The molecule has 0 saturated heterocycles. The number of aromatic carboxylic acids is 1. The maximum Gasteiger partial charge on any atom is 0.335 e. The highest BCUT2D eigenvalue weighted by molar-refractivity contribution is 7.98. The first-order valence-electron chi connectivity index (χ1n) is 6.70. The molecule has 0 fully saturated rings. The molecule has 0 saturated carbocycles. The number of carboxylic acids is 1. The van der Waals surface area contributed by atoms with Gasteiger partial charge in [0, 0.05) is 11.2 Å². The van der Waals surface area contributed by atoms with Gasteiger partial charge in [0.15, 0.2) is 5.16 Å². The van der Waals surface area contributed by atoms with E-state index >= 15 is 0 Å². The predicted molar refractivity (Wildman–Crippen MR) is 84.3 cm³/mol. The van der Waals surface area contributed by atoms with E-state index in [-0.39, 0.29) is 16.5 Å². The third-order valence-corrected chi connectivity index (χ3v) is 3.87. The molecular weight excluding hydrogens is 302 g/mol. The topological polar surface area (TPSA) is 95.9 Å². The molecule has 0 aliphatic carbocycles. The van der Waals surface area contributed by atoms with Crippen LogP contribution in [-0.4, -0.2) is 26.3 Å². The molecule has 7 heteroatoms. The van der Waals surface area contributed by atoms with Crippen molar-refractivity contribution in [3.05, 3.63) is 51.4 Å². The second kappa shape index (κ2) is 6.31. The van der Waals surface area contributed by atoms with Crippen molar-refractivity contribution in [2.45, 2.75) is 37.1 Å². The first-order valence-corrected chi connectivity index (χ1v) is 7.68. The number of rotatable bonds is 4. The Morgan fingerprint density at radius 1 is 1.32 bits per heavy atom. The van der Waals surface area contributed by atoms with Crippen LogP contribution < -0.4 is 5.56 Å². The van der Waals surface area contributed by atoms with E-state index in [0.717, 1.165) is 5.56 Å². The van der Waals surface area contributed by atoms with Crippen LogP contribution in [0.15, 0.2) is 34.2 Å². The van der Waals surface area contributed by atoms with E-state index in [1.807, 2.05) is 26.8 Å².